The number of rotatable bonds is 3. The van der Waals surface area contributed by atoms with Gasteiger partial charge in [0, 0.05) is 49.6 Å². The topological polar surface area (TPSA) is 90.3 Å². The van der Waals surface area contributed by atoms with Crippen molar-refractivity contribution in [2.75, 3.05) is 41.3 Å². The van der Waals surface area contributed by atoms with Crippen LogP contribution in [0.4, 0.5) is 17.5 Å². The molecule has 8 nitrogen and oxygen atoms in total. The number of nitrogens with one attached hydrogen (secondary N) is 1. The van der Waals surface area contributed by atoms with Crippen LogP contribution in [0.15, 0.2) is 42.6 Å². The van der Waals surface area contributed by atoms with Crippen LogP contribution in [0.25, 0.3) is 11.3 Å². The van der Waals surface area contributed by atoms with Gasteiger partial charge in [0.15, 0.2) is 5.82 Å². The fraction of sp³-hybridized carbons (Fsp3) is 0.440. The van der Waals surface area contributed by atoms with Gasteiger partial charge in [0.2, 0.25) is 5.95 Å². The largest absolute Gasteiger partial charge is 0.507 e. The molecule has 1 saturated carbocycles. The second-order valence-electron chi connectivity index (χ2n) is 9.27. The fourth-order valence-corrected chi connectivity index (χ4v) is 5.43. The van der Waals surface area contributed by atoms with Crippen molar-refractivity contribution >= 4 is 17.5 Å². The predicted octanol–water partition coefficient (Wildman–Crippen LogP) is 3.81. The zero-order valence-corrected chi connectivity index (χ0v) is 18.7. The predicted molar refractivity (Wildman–Crippen MR) is 129 cm³/mol. The lowest BCUT2D eigenvalue weighted by atomic mass is 9.87. The number of para-hydroxylation sites is 1. The second-order valence-corrected chi connectivity index (χ2v) is 9.27. The number of phenols is 1. The lowest BCUT2D eigenvalue weighted by molar-refractivity contribution is 0.435. The van der Waals surface area contributed by atoms with Gasteiger partial charge in [0.1, 0.15) is 5.75 Å². The maximum Gasteiger partial charge on any atom is 0.225 e. The lowest BCUT2D eigenvalue weighted by Crippen LogP contribution is -2.58. The Hall–Kier alpha value is -3.42. The maximum absolute atomic E-state index is 10.3. The lowest BCUT2D eigenvalue weighted by Gasteiger charge is -2.45. The van der Waals surface area contributed by atoms with Gasteiger partial charge in [-0.1, -0.05) is 31.4 Å². The average Bonchev–Trinajstić information content (AvgIpc) is 2.89. The van der Waals surface area contributed by atoms with Crippen molar-refractivity contribution in [3.8, 4) is 17.0 Å². The number of nitrogens with zero attached hydrogens (tertiary/aromatic N) is 6. The number of hydrogen-bond acceptors (Lipinski definition) is 8. The molecule has 4 heterocycles. The Kier molecular flexibility index (Phi) is 5.20. The van der Waals surface area contributed by atoms with Crippen LogP contribution in [0.3, 0.4) is 0 Å². The van der Waals surface area contributed by atoms with Crippen molar-refractivity contribution < 1.29 is 5.11 Å². The highest BCUT2D eigenvalue weighted by Crippen LogP contribution is 2.37. The minimum absolute atomic E-state index is 0.215. The molecule has 1 aromatic carbocycles. The summed E-state index contributed by atoms with van der Waals surface area (Å²) < 4.78 is 0. The average molecular weight is 444 g/mol. The van der Waals surface area contributed by atoms with Gasteiger partial charge >= 0.3 is 0 Å². The van der Waals surface area contributed by atoms with Crippen LogP contribution in [0.1, 0.15) is 43.7 Å². The van der Waals surface area contributed by atoms with Crippen molar-refractivity contribution in [2.24, 2.45) is 0 Å². The Labute approximate surface area is 193 Å². The van der Waals surface area contributed by atoms with Gasteiger partial charge in [-0.25, -0.2) is 9.97 Å². The van der Waals surface area contributed by atoms with Crippen molar-refractivity contribution in [1.82, 2.24) is 20.2 Å². The molecule has 2 aromatic heterocycles. The smallest absolute Gasteiger partial charge is 0.225 e. The molecule has 3 aliphatic rings. The minimum atomic E-state index is 0.215. The highest BCUT2D eigenvalue weighted by molar-refractivity contribution is 5.76. The van der Waals surface area contributed by atoms with Crippen LogP contribution in [-0.2, 0) is 0 Å². The van der Waals surface area contributed by atoms with E-state index in [1.807, 2.05) is 30.5 Å². The van der Waals surface area contributed by atoms with Gasteiger partial charge in [0.25, 0.3) is 0 Å². The first-order valence-corrected chi connectivity index (χ1v) is 12.0. The molecule has 6 rings (SSSR count). The Bertz CT molecular complexity index is 1150. The third-order valence-electron chi connectivity index (χ3n) is 7.22. The zero-order valence-electron chi connectivity index (χ0n) is 18.7. The molecule has 33 heavy (non-hydrogen) atoms. The van der Waals surface area contributed by atoms with Crippen molar-refractivity contribution in [1.29, 1.82) is 0 Å². The summed E-state index contributed by atoms with van der Waals surface area (Å²) in [5, 5.41) is 22.5. The van der Waals surface area contributed by atoms with Crippen LogP contribution in [0, 0.1) is 0 Å². The Morgan fingerprint density at radius 2 is 1.88 bits per heavy atom. The van der Waals surface area contributed by atoms with E-state index >= 15 is 0 Å². The molecular weight excluding hydrogens is 414 g/mol. The Morgan fingerprint density at radius 1 is 1.00 bits per heavy atom. The molecule has 0 amide bonds. The van der Waals surface area contributed by atoms with E-state index in [0.717, 1.165) is 43.6 Å². The fourth-order valence-electron chi connectivity index (χ4n) is 5.43. The Morgan fingerprint density at radius 3 is 2.76 bits per heavy atom. The molecule has 2 N–H and O–H groups in total. The summed E-state index contributed by atoms with van der Waals surface area (Å²) in [6, 6.07) is 11.7. The molecule has 2 aliphatic heterocycles. The molecular formula is C25H29N7O. The van der Waals surface area contributed by atoms with Crippen LogP contribution in [-0.4, -0.2) is 57.5 Å². The first-order valence-electron chi connectivity index (χ1n) is 12.0. The molecule has 1 saturated heterocycles. The minimum Gasteiger partial charge on any atom is -0.507 e. The number of benzene rings is 1. The SMILES string of the molecule is Oc1ccccc1-c1cc2c(nn1)NC[C@@H]1CN(c3nccc(C4CCCCC4)n3)CCN21. The number of aromatic hydroxyl groups is 1. The van der Waals surface area contributed by atoms with Gasteiger partial charge in [0.05, 0.1) is 17.4 Å². The maximum atomic E-state index is 10.3. The number of piperazine rings is 1. The van der Waals surface area contributed by atoms with E-state index < -0.39 is 0 Å². The van der Waals surface area contributed by atoms with E-state index in [-0.39, 0.29) is 11.8 Å². The van der Waals surface area contributed by atoms with Crippen molar-refractivity contribution in [3.05, 3.63) is 48.3 Å². The van der Waals surface area contributed by atoms with Crippen molar-refractivity contribution in [2.45, 2.75) is 44.1 Å². The summed E-state index contributed by atoms with van der Waals surface area (Å²) in [6.07, 6.45) is 8.38. The molecule has 170 valence electrons. The van der Waals surface area contributed by atoms with E-state index in [4.69, 9.17) is 4.98 Å². The zero-order chi connectivity index (χ0) is 22.2. The van der Waals surface area contributed by atoms with Crippen molar-refractivity contribution in [3.63, 3.8) is 0 Å². The van der Waals surface area contributed by atoms with E-state index in [2.05, 4.69) is 36.4 Å². The molecule has 2 fully saturated rings. The van der Waals surface area contributed by atoms with Crippen LogP contribution < -0.4 is 15.1 Å². The molecule has 0 spiro atoms. The highest BCUT2D eigenvalue weighted by Gasteiger charge is 2.34. The first kappa shape index (κ1) is 20.2. The normalized spacial score (nSPS) is 20.7. The quantitative estimate of drug-likeness (QED) is 0.632. The molecule has 0 radical (unpaired) electrons. The first-order chi connectivity index (χ1) is 16.3. The molecule has 3 aromatic rings. The number of phenolic OH excluding ortho intramolecular Hbond substituents is 1. The number of aromatic nitrogens is 4. The van der Waals surface area contributed by atoms with E-state index in [1.54, 1.807) is 6.07 Å². The standard InChI is InChI=1S/C25H29N7O/c33-23-9-5-4-8-19(23)21-14-22-24(30-29-21)27-15-18-16-31(12-13-32(18)22)25-26-11-10-20(28-25)17-6-2-1-3-7-17/h4-5,8-11,14,17-18,33H,1-3,6-7,12-13,15-16H2,(H,27,30)/t18-/m1/s1. The summed E-state index contributed by atoms with van der Waals surface area (Å²) in [5.74, 6) is 2.45. The van der Waals surface area contributed by atoms with E-state index in [9.17, 15) is 5.11 Å². The van der Waals surface area contributed by atoms with Gasteiger partial charge in [-0.05, 0) is 37.1 Å². The van der Waals surface area contributed by atoms with Crippen LogP contribution >= 0.6 is 0 Å². The third kappa shape index (κ3) is 3.83. The molecule has 1 aliphatic carbocycles. The van der Waals surface area contributed by atoms with E-state index in [1.165, 1.54) is 37.8 Å². The van der Waals surface area contributed by atoms with Gasteiger partial charge in [-0.2, -0.15) is 0 Å². The second kappa shape index (κ2) is 8.50. The highest BCUT2D eigenvalue weighted by atomic mass is 16.3. The van der Waals surface area contributed by atoms with Crippen LogP contribution in [0.5, 0.6) is 5.75 Å². The Balaban J connectivity index is 1.23. The molecule has 8 heteroatoms. The van der Waals surface area contributed by atoms with Gasteiger partial charge in [-0.3, -0.25) is 0 Å². The summed E-state index contributed by atoms with van der Waals surface area (Å²) >= 11 is 0. The third-order valence-corrected chi connectivity index (χ3v) is 7.22. The number of hydrogen-bond donors (Lipinski definition) is 2. The summed E-state index contributed by atoms with van der Waals surface area (Å²) in [4.78, 5) is 14.3. The summed E-state index contributed by atoms with van der Waals surface area (Å²) in [6.45, 7) is 3.38. The summed E-state index contributed by atoms with van der Waals surface area (Å²) in [7, 11) is 0. The molecule has 0 bridgehead atoms. The van der Waals surface area contributed by atoms with Gasteiger partial charge < -0.3 is 20.2 Å². The van der Waals surface area contributed by atoms with Gasteiger partial charge in [-0.15, -0.1) is 10.2 Å². The molecule has 1 atom stereocenters. The van der Waals surface area contributed by atoms with Crippen LogP contribution in [0.2, 0.25) is 0 Å². The summed E-state index contributed by atoms with van der Waals surface area (Å²) in [5.41, 5.74) is 3.62. The number of anilines is 3. The number of fused-ring (bicyclic) bond motifs is 3. The molecule has 0 unspecified atom stereocenters. The van der Waals surface area contributed by atoms with E-state index in [0.29, 0.717) is 17.2 Å². The monoisotopic (exact) mass is 443 g/mol.